The van der Waals surface area contributed by atoms with Gasteiger partial charge in [0.25, 0.3) is 0 Å². The molecule has 1 aromatic heterocycles. The molecule has 0 fully saturated rings. The molecule has 0 unspecified atom stereocenters. The summed E-state index contributed by atoms with van der Waals surface area (Å²) in [6, 6.07) is 1.83. The van der Waals surface area contributed by atoms with Gasteiger partial charge in [0.05, 0.1) is 5.75 Å². The minimum atomic E-state index is -3.35. The van der Waals surface area contributed by atoms with Crippen LogP contribution in [0.15, 0.2) is 11.4 Å². The van der Waals surface area contributed by atoms with Crippen molar-refractivity contribution in [2.75, 3.05) is 0 Å². The number of aryl methyl sites for hydroxylation is 1. The third-order valence-electron chi connectivity index (χ3n) is 1.13. The zero-order chi connectivity index (χ0) is 8.48. The van der Waals surface area contributed by atoms with Crippen molar-refractivity contribution in [2.24, 2.45) is 5.14 Å². The third-order valence-corrected chi connectivity index (χ3v) is 3.08. The fourth-order valence-electron chi connectivity index (χ4n) is 0.765. The van der Waals surface area contributed by atoms with E-state index in [4.69, 9.17) is 5.14 Å². The molecule has 0 radical (unpaired) electrons. The van der Waals surface area contributed by atoms with Crippen LogP contribution in [0, 0.1) is 6.92 Å². The van der Waals surface area contributed by atoms with E-state index >= 15 is 0 Å². The Morgan fingerprint density at radius 1 is 1.64 bits per heavy atom. The molecule has 0 saturated heterocycles. The van der Waals surface area contributed by atoms with Crippen molar-refractivity contribution < 1.29 is 8.42 Å². The standard InChI is InChI=1S/C6H9NO2S2/c1-5-2-6(10-3-5)4-11(7,8)9/h2-3H,4H2,1H3,(H2,7,8,9). The molecule has 0 aromatic carbocycles. The Morgan fingerprint density at radius 2 is 2.27 bits per heavy atom. The second-order valence-electron chi connectivity index (χ2n) is 2.40. The van der Waals surface area contributed by atoms with Gasteiger partial charge in [-0.25, -0.2) is 13.6 Å². The summed E-state index contributed by atoms with van der Waals surface area (Å²) in [4.78, 5) is 0.796. The van der Waals surface area contributed by atoms with Gasteiger partial charge in [-0.05, 0) is 23.9 Å². The highest BCUT2D eigenvalue weighted by molar-refractivity contribution is 7.88. The monoisotopic (exact) mass is 191 g/mol. The van der Waals surface area contributed by atoms with Crippen LogP contribution in [0.1, 0.15) is 10.4 Å². The van der Waals surface area contributed by atoms with Crippen molar-refractivity contribution in [3.05, 3.63) is 21.9 Å². The van der Waals surface area contributed by atoms with E-state index in [0.29, 0.717) is 0 Å². The molecule has 0 aliphatic rings. The lowest BCUT2D eigenvalue weighted by molar-refractivity contribution is 0.597. The maximum atomic E-state index is 10.6. The molecule has 62 valence electrons. The van der Waals surface area contributed by atoms with Gasteiger partial charge >= 0.3 is 0 Å². The van der Waals surface area contributed by atoms with E-state index in [-0.39, 0.29) is 5.75 Å². The largest absolute Gasteiger partial charge is 0.228 e. The molecule has 1 rings (SSSR count). The topological polar surface area (TPSA) is 60.2 Å². The van der Waals surface area contributed by atoms with Crippen LogP contribution in [-0.2, 0) is 15.8 Å². The Morgan fingerprint density at radius 3 is 2.64 bits per heavy atom. The first-order chi connectivity index (χ1) is 4.97. The SMILES string of the molecule is Cc1csc(CS(N)(=O)=O)c1. The van der Waals surface area contributed by atoms with Crippen LogP contribution in [-0.4, -0.2) is 8.42 Å². The van der Waals surface area contributed by atoms with Gasteiger partial charge in [0.1, 0.15) is 0 Å². The van der Waals surface area contributed by atoms with Crippen LogP contribution in [0.25, 0.3) is 0 Å². The molecule has 3 nitrogen and oxygen atoms in total. The van der Waals surface area contributed by atoms with E-state index in [1.165, 1.54) is 11.3 Å². The molecule has 1 aromatic rings. The maximum absolute atomic E-state index is 10.6. The zero-order valence-electron chi connectivity index (χ0n) is 6.07. The summed E-state index contributed by atoms with van der Waals surface area (Å²) in [5.41, 5.74) is 1.08. The van der Waals surface area contributed by atoms with E-state index in [9.17, 15) is 8.42 Å². The van der Waals surface area contributed by atoms with Gasteiger partial charge in [-0.1, -0.05) is 0 Å². The fraction of sp³-hybridized carbons (Fsp3) is 0.333. The minimum Gasteiger partial charge on any atom is -0.228 e. The molecule has 1 heterocycles. The molecule has 0 amide bonds. The summed E-state index contributed by atoms with van der Waals surface area (Å²) in [5.74, 6) is -0.0501. The van der Waals surface area contributed by atoms with Gasteiger partial charge in [-0.15, -0.1) is 11.3 Å². The van der Waals surface area contributed by atoms with Crippen LogP contribution in [0.3, 0.4) is 0 Å². The highest BCUT2D eigenvalue weighted by Crippen LogP contribution is 2.15. The zero-order valence-corrected chi connectivity index (χ0v) is 7.71. The van der Waals surface area contributed by atoms with Crippen LogP contribution in [0.4, 0.5) is 0 Å². The summed E-state index contributed by atoms with van der Waals surface area (Å²) in [6.07, 6.45) is 0. The number of primary sulfonamides is 1. The van der Waals surface area contributed by atoms with E-state index in [0.717, 1.165) is 10.4 Å². The highest BCUT2D eigenvalue weighted by Gasteiger charge is 2.05. The van der Waals surface area contributed by atoms with Crippen LogP contribution >= 0.6 is 11.3 Å². The van der Waals surface area contributed by atoms with E-state index in [1.807, 2.05) is 18.4 Å². The number of hydrogen-bond donors (Lipinski definition) is 1. The predicted octanol–water partition coefficient (Wildman–Crippen LogP) is 0.845. The predicted molar refractivity (Wildman–Crippen MR) is 45.9 cm³/mol. The second kappa shape index (κ2) is 2.92. The Labute approximate surface area is 69.9 Å². The molecular weight excluding hydrogens is 182 g/mol. The van der Waals surface area contributed by atoms with Crippen LogP contribution in [0.5, 0.6) is 0 Å². The van der Waals surface area contributed by atoms with Gasteiger partial charge in [0.2, 0.25) is 10.0 Å². The van der Waals surface area contributed by atoms with Crippen molar-refractivity contribution in [1.29, 1.82) is 0 Å². The maximum Gasteiger partial charge on any atom is 0.214 e. The minimum absolute atomic E-state index is 0.0501. The number of sulfonamides is 1. The van der Waals surface area contributed by atoms with Gasteiger partial charge in [0.15, 0.2) is 0 Å². The van der Waals surface area contributed by atoms with Crippen molar-refractivity contribution >= 4 is 21.4 Å². The smallest absolute Gasteiger partial charge is 0.214 e. The van der Waals surface area contributed by atoms with Gasteiger partial charge in [-0.2, -0.15) is 0 Å². The van der Waals surface area contributed by atoms with Crippen molar-refractivity contribution in [3.8, 4) is 0 Å². The molecule has 0 atom stereocenters. The summed E-state index contributed by atoms with van der Waals surface area (Å²) in [7, 11) is -3.35. The number of thiophene rings is 1. The summed E-state index contributed by atoms with van der Waals surface area (Å²) < 4.78 is 21.2. The Kier molecular flexibility index (Phi) is 2.31. The van der Waals surface area contributed by atoms with Crippen molar-refractivity contribution in [1.82, 2.24) is 0 Å². The Bertz CT molecular complexity index is 339. The molecule has 0 aliphatic heterocycles. The normalized spacial score (nSPS) is 11.8. The highest BCUT2D eigenvalue weighted by atomic mass is 32.2. The quantitative estimate of drug-likeness (QED) is 0.753. The molecule has 2 N–H and O–H groups in total. The first-order valence-corrected chi connectivity index (χ1v) is 5.61. The number of hydrogen-bond acceptors (Lipinski definition) is 3. The van der Waals surface area contributed by atoms with Gasteiger partial charge in [0, 0.05) is 4.88 Å². The summed E-state index contributed by atoms with van der Waals surface area (Å²) in [6.45, 7) is 1.92. The average Bonchev–Trinajstić information content (AvgIpc) is 2.10. The van der Waals surface area contributed by atoms with E-state index < -0.39 is 10.0 Å². The molecular formula is C6H9NO2S2. The molecule has 0 aliphatic carbocycles. The van der Waals surface area contributed by atoms with Gasteiger partial charge < -0.3 is 0 Å². The molecule has 0 saturated carbocycles. The summed E-state index contributed by atoms with van der Waals surface area (Å²) in [5, 5.41) is 6.76. The lowest BCUT2D eigenvalue weighted by Crippen LogP contribution is -2.13. The Hall–Kier alpha value is -0.390. The van der Waals surface area contributed by atoms with Crippen molar-refractivity contribution in [2.45, 2.75) is 12.7 Å². The number of rotatable bonds is 2. The second-order valence-corrected chi connectivity index (χ2v) is 5.01. The third kappa shape index (κ3) is 3.00. The van der Waals surface area contributed by atoms with E-state index in [1.54, 1.807) is 0 Å². The van der Waals surface area contributed by atoms with E-state index in [2.05, 4.69) is 0 Å². The lowest BCUT2D eigenvalue weighted by Gasteiger charge is -1.91. The van der Waals surface area contributed by atoms with Crippen molar-refractivity contribution in [3.63, 3.8) is 0 Å². The van der Waals surface area contributed by atoms with Crippen LogP contribution < -0.4 is 5.14 Å². The Balaban J connectivity index is 2.81. The average molecular weight is 191 g/mol. The molecule has 0 bridgehead atoms. The first kappa shape index (κ1) is 8.70. The molecule has 0 spiro atoms. The fourth-order valence-corrected chi connectivity index (χ4v) is 2.67. The lowest BCUT2D eigenvalue weighted by atomic mass is 10.4. The molecule has 5 heteroatoms. The summed E-state index contributed by atoms with van der Waals surface area (Å²) >= 11 is 1.42. The molecule has 11 heavy (non-hydrogen) atoms. The van der Waals surface area contributed by atoms with Gasteiger partial charge in [-0.3, -0.25) is 0 Å². The first-order valence-electron chi connectivity index (χ1n) is 3.02. The number of nitrogens with two attached hydrogens (primary N) is 1. The van der Waals surface area contributed by atoms with Crippen LogP contribution in [0.2, 0.25) is 0 Å².